The molecule has 0 spiro atoms. The number of aromatic nitrogens is 2. The maximum Gasteiger partial charge on any atom is 0.171 e. The van der Waals surface area contributed by atoms with Crippen molar-refractivity contribution < 1.29 is 5.21 Å². The van der Waals surface area contributed by atoms with Crippen LogP contribution in [0.1, 0.15) is 19.4 Å². The largest absolute Gasteiger partial charge is 0.409 e. The van der Waals surface area contributed by atoms with Gasteiger partial charge in [-0.1, -0.05) is 16.8 Å². The molecule has 5 N–H and O–H groups in total. The van der Waals surface area contributed by atoms with E-state index in [9.17, 15) is 0 Å². The number of hydrogen-bond acceptors (Lipinski definition) is 6. The Morgan fingerprint density at radius 1 is 1.19 bits per heavy atom. The normalized spacial score (nSPS) is 11.7. The molecule has 0 amide bonds. The number of fused-ring (bicyclic) bond motifs is 1. The summed E-state index contributed by atoms with van der Waals surface area (Å²) in [6, 6.07) is 3.30. The average Bonchev–Trinajstić information content (AvgIpc) is 2.47. The quantitative estimate of drug-likeness (QED) is 0.292. The van der Waals surface area contributed by atoms with Crippen molar-refractivity contribution in [2.75, 3.05) is 23.7 Å². The summed E-state index contributed by atoms with van der Waals surface area (Å²) in [6.45, 7) is 5.41. The molecule has 0 radical (unpaired) electrons. The summed E-state index contributed by atoms with van der Waals surface area (Å²) in [7, 11) is 0. The molecule has 2 aromatic rings. The first-order valence-corrected chi connectivity index (χ1v) is 6.95. The van der Waals surface area contributed by atoms with Gasteiger partial charge in [0.2, 0.25) is 0 Å². The van der Waals surface area contributed by atoms with Gasteiger partial charge >= 0.3 is 0 Å². The molecule has 0 saturated carbocycles. The zero-order valence-corrected chi connectivity index (χ0v) is 12.6. The van der Waals surface area contributed by atoms with Crippen LogP contribution in [0.5, 0.6) is 0 Å². The zero-order chi connectivity index (χ0) is 15.4. The lowest BCUT2D eigenvalue weighted by Crippen LogP contribution is -2.14. The topological polar surface area (TPSA) is 108 Å². The molecule has 0 bridgehead atoms. The van der Waals surface area contributed by atoms with Crippen molar-refractivity contribution >= 4 is 40.1 Å². The summed E-state index contributed by atoms with van der Waals surface area (Å²) in [6.07, 6.45) is 0. The average molecular weight is 309 g/mol. The van der Waals surface area contributed by atoms with Crippen molar-refractivity contribution in [2.24, 2.45) is 10.9 Å². The number of amidine groups is 1. The van der Waals surface area contributed by atoms with Gasteiger partial charge in [-0.05, 0) is 26.0 Å². The number of anilines is 2. The smallest absolute Gasteiger partial charge is 0.171 e. The SMILES string of the molecule is CCNc1nc2cc(Cl)c(C(N)=NO)cc2nc1NCC. The molecular weight excluding hydrogens is 292 g/mol. The predicted octanol–water partition coefficient (Wildman–Crippen LogP) is 2.24. The number of nitrogens with one attached hydrogen (secondary N) is 2. The van der Waals surface area contributed by atoms with Gasteiger partial charge in [-0.2, -0.15) is 0 Å². The molecule has 7 nitrogen and oxygen atoms in total. The van der Waals surface area contributed by atoms with E-state index in [1.165, 1.54) is 0 Å². The number of rotatable bonds is 5. The molecule has 21 heavy (non-hydrogen) atoms. The standard InChI is InChI=1S/C13H17ClN6O/c1-3-16-12-13(17-4-2)19-10-6-8(14)7(11(15)20-21)5-9(10)18-12/h5-6,21H,3-4H2,1-2H3,(H2,15,20)(H,16,18)(H,17,19). The van der Waals surface area contributed by atoms with E-state index in [-0.39, 0.29) is 5.84 Å². The summed E-state index contributed by atoms with van der Waals surface area (Å²) >= 11 is 6.13. The van der Waals surface area contributed by atoms with Crippen molar-refractivity contribution in [3.8, 4) is 0 Å². The van der Waals surface area contributed by atoms with Crippen molar-refractivity contribution in [1.82, 2.24) is 9.97 Å². The fourth-order valence-electron chi connectivity index (χ4n) is 1.91. The highest BCUT2D eigenvalue weighted by molar-refractivity contribution is 6.34. The lowest BCUT2D eigenvalue weighted by molar-refractivity contribution is 0.318. The van der Waals surface area contributed by atoms with Gasteiger partial charge in [0, 0.05) is 18.7 Å². The van der Waals surface area contributed by atoms with Gasteiger partial charge in [0.25, 0.3) is 0 Å². The van der Waals surface area contributed by atoms with Crippen LogP contribution in [0.4, 0.5) is 11.6 Å². The van der Waals surface area contributed by atoms with E-state index in [0.717, 1.165) is 13.1 Å². The molecule has 0 aliphatic heterocycles. The Balaban J connectivity index is 2.64. The number of hydrogen-bond donors (Lipinski definition) is 4. The van der Waals surface area contributed by atoms with Gasteiger partial charge in [0.15, 0.2) is 17.5 Å². The molecule has 1 heterocycles. The van der Waals surface area contributed by atoms with Crippen molar-refractivity contribution in [2.45, 2.75) is 13.8 Å². The second-order valence-corrected chi connectivity index (χ2v) is 4.69. The second kappa shape index (κ2) is 6.45. The Morgan fingerprint density at radius 3 is 2.19 bits per heavy atom. The molecule has 0 aliphatic carbocycles. The molecule has 2 rings (SSSR count). The van der Waals surface area contributed by atoms with Crippen molar-refractivity contribution in [3.63, 3.8) is 0 Å². The van der Waals surface area contributed by atoms with E-state index < -0.39 is 0 Å². The van der Waals surface area contributed by atoms with E-state index in [4.69, 9.17) is 22.5 Å². The van der Waals surface area contributed by atoms with Crippen LogP contribution in [0, 0.1) is 0 Å². The monoisotopic (exact) mass is 308 g/mol. The van der Waals surface area contributed by atoms with Crippen LogP contribution in [0.2, 0.25) is 5.02 Å². The summed E-state index contributed by atoms with van der Waals surface area (Å²) in [5.74, 6) is 1.25. The molecule has 112 valence electrons. The van der Waals surface area contributed by atoms with E-state index in [2.05, 4.69) is 25.8 Å². The Hall–Kier alpha value is -2.28. The Labute approximate surface area is 127 Å². The first kappa shape index (κ1) is 15.1. The number of oxime groups is 1. The number of nitrogens with zero attached hydrogens (tertiary/aromatic N) is 3. The Kier molecular flexibility index (Phi) is 4.64. The summed E-state index contributed by atoms with van der Waals surface area (Å²) < 4.78 is 0. The number of benzene rings is 1. The van der Waals surface area contributed by atoms with Crippen LogP contribution in [-0.2, 0) is 0 Å². The minimum Gasteiger partial charge on any atom is -0.409 e. The second-order valence-electron chi connectivity index (χ2n) is 4.29. The van der Waals surface area contributed by atoms with Gasteiger partial charge < -0.3 is 21.6 Å². The van der Waals surface area contributed by atoms with E-state index >= 15 is 0 Å². The first-order chi connectivity index (χ1) is 10.1. The molecule has 0 saturated heterocycles. The number of halogens is 1. The first-order valence-electron chi connectivity index (χ1n) is 6.57. The van der Waals surface area contributed by atoms with Crippen LogP contribution in [-0.4, -0.2) is 34.1 Å². The molecular formula is C13H17ClN6O. The highest BCUT2D eigenvalue weighted by Crippen LogP contribution is 2.26. The third-order valence-electron chi connectivity index (χ3n) is 2.83. The van der Waals surface area contributed by atoms with Gasteiger partial charge in [0.1, 0.15) is 0 Å². The predicted molar refractivity (Wildman–Crippen MR) is 85.4 cm³/mol. The van der Waals surface area contributed by atoms with E-state index in [0.29, 0.717) is 33.3 Å². The summed E-state index contributed by atoms with van der Waals surface area (Å²) in [4.78, 5) is 9.02. The molecule has 1 aromatic heterocycles. The van der Waals surface area contributed by atoms with Crippen LogP contribution >= 0.6 is 11.6 Å². The fourth-order valence-corrected chi connectivity index (χ4v) is 2.16. The maximum absolute atomic E-state index is 8.78. The molecule has 0 fully saturated rings. The van der Waals surface area contributed by atoms with E-state index in [1.54, 1.807) is 12.1 Å². The molecule has 8 heteroatoms. The van der Waals surface area contributed by atoms with Crippen molar-refractivity contribution in [1.29, 1.82) is 0 Å². The van der Waals surface area contributed by atoms with Gasteiger partial charge in [-0.15, -0.1) is 0 Å². The maximum atomic E-state index is 8.78. The minimum absolute atomic E-state index is 0.0653. The highest BCUT2D eigenvalue weighted by Gasteiger charge is 2.12. The van der Waals surface area contributed by atoms with Crippen molar-refractivity contribution in [3.05, 3.63) is 22.7 Å². The third kappa shape index (κ3) is 3.08. The molecule has 0 unspecified atom stereocenters. The molecule has 0 atom stereocenters. The Morgan fingerprint density at radius 2 is 1.71 bits per heavy atom. The van der Waals surface area contributed by atoms with Crippen LogP contribution in [0.15, 0.2) is 17.3 Å². The highest BCUT2D eigenvalue weighted by atomic mass is 35.5. The van der Waals surface area contributed by atoms with Crippen LogP contribution in [0.3, 0.4) is 0 Å². The molecule has 1 aromatic carbocycles. The summed E-state index contributed by atoms with van der Waals surface area (Å²) in [5, 5.41) is 18.4. The fraction of sp³-hybridized carbons (Fsp3) is 0.308. The van der Waals surface area contributed by atoms with Gasteiger partial charge in [0.05, 0.1) is 16.1 Å². The van der Waals surface area contributed by atoms with Gasteiger partial charge in [-0.3, -0.25) is 0 Å². The Bertz CT molecular complexity index is 688. The lowest BCUT2D eigenvalue weighted by Gasteiger charge is -2.12. The third-order valence-corrected chi connectivity index (χ3v) is 3.14. The van der Waals surface area contributed by atoms with Crippen LogP contribution < -0.4 is 16.4 Å². The number of nitrogens with two attached hydrogens (primary N) is 1. The lowest BCUT2D eigenvalue weighted by atomic mass is 10.1. The van der Waals surface area contributed by atoms with E-state index in [1.807, 2.05) is 13.8 Å². The molecule has 0 aliphatic rings. The minimum atomic E-state index is -0.0653. The van der Waals surface area contributed by atoms with Gasteiger partial charge in [-0.25, -0.2) is 9.97 Å². The summed E-state index contributed by atoms with van der Waals surface area (Å²) in [5.41, 5.74) is 7.26. The van der Waals surface area contributed by atoms with Crippen LogP contribution in [0.25, 0.3) is 11.0 Å². The zero-order valence-electron chi connectivity index (χ0n) is 11.8.